The molecule has 0 unspecified atom stereocenters. The van der Waals surface area contributed by atoms with Crippen molar-refractivity contribution in [1.82, 2.24) is 15.2 Å². The SMILES string of the molecule is CCSc1nnc(Cc2csc(-c3ccc(Cl)cc3)n2)o1. The van der Waals surface area contributed by atoms with Crippen LogP contribution in [0.4, 0.5) is 0 Å². The smallest absolute Gasteiger partial charge is 0.276 e. The van der Waals surface area contributed by atoms with Gasteiger partial charge in [-0.3, -0.25) is 0 Å². The van der Waals surface area contributed by atoms with Gasteiger partial charge in [0, 0.05) is 16.0 Å². The van der Waals surface area contributed by atoms with Crippen LogP contribution in [-0.2, 0) is 6.42 Å². The van der Waals surface area contributed by atoms with Gasteiger partial charge >= 0.3 is 0 Å². The molecule has 7 heteroatoms. The van der Waals surface area contributed by atoms with Crippen molar-refractivity contribution in [2.45, 2.75) is 18.6 Å². The predicted octanol–water partition coefficient (Wildman–Crippen LogP) is 4.55. The summed E-state index contributed by atoms with van der Waals surface area (Å²) in [5.41, 5.74) is 1.99. The Morgan fingerprint density at radius 3 is 2.81 bits per heavy atom. The van der Waals surface area contributed by atoms with Gasteiger partial charge in [0.1, 0.15) is 5.01 Å². The Kier molecular flexibility index (Phi) is 4.57. The maximum Gasteiger partial charge on any atom is 0.276 e. The third-order valence-corrected chi connectivity index (χ3v) is 4.58. The molecule has 0 bridgehead atoms. The molecular weight excluding hydrogens is 326 g/mol. The number of halogens is 1. The Balaban J connectivity index is 1.73. The second kappa shape index (κ2) is 6.60. The molecule has 0 amide bonds. The number of aromatic nitrogens is 3. The largest absolute Gasteiger partial charge is 0.416 e. The molecule has 108 valence electrons. The lowest BCUT2D eigenvalue weighted by atomic mass is 10.2. The molecule has 3 aromatic rings. The third kappa shape index (κ3) is 3.64. The molecule has 0 saturated heterocycles. The van der Waals surface area contributed by atoms with Crippen LogP contribution in [0.3, 0.4) is 0 Å². The van der Waals surface area contributed by atoms with Gasteiger partial charge in [-0.25, -0.2) is 4.98 Å². The number of hydrogen-bond donors (Lipinski definition) is 0. The van der Waals surface area contributed by atoms with E-state index < -0.39 is 0 Å². The maximum atomic E-state index is 5.89. The lowest BCUT2D eigenvalue weighted by Crippen LogP contribution is -1.88. The summed E-state index contributed by atoms with van der Waals surface area (Å²) in [4.78, 5) is 4.60. The van der Waals surface area contributed by atoms with Crippen molar-refractivity contribution >= 4 is 34.7 Å². The predicted molar refractivity (Wildman–Crippen MR) is 86.1 cm³/mol. The first-order valence-electron chi connectivity index (χ1n) is 6.40. The van der Waals surface area contributed by atoms with Crippen molar-refractivity contribution in [2.24, 2.45) is 0 Å². The number of rotatable bonds is 5. The van der Waals surface area contributed by atoms with E-state index in [9.17, 15) is 0 Å². The van der Waals surface area contributed by atoms with Crippen LogP contribution >= 0.6 is 34.7 Å². The molecule has 0 aliphatic heterocycles. The minimum absolute atomic E-state index is 0.557. The average Bonchev–Trinajstić information content (AvgIpc) is 3.11. The summed E-state index contributed by atoms with van der Waals surface area (Å²) >= 11 is 9.03. The van der Waals surface area contributed by atoms with Gasteiger partial charge in [-0.2, -0.15) is 0 Å². The Hall–Kier alpha value is -1.37. The summed E-state index contributed by atoms with van der Waals surface area (Å²) in [6.45, 7) is 2.05. The first kappa shape index (κ1) is 14.6. The standard InChI is InChI=1S/C14H12ClN3OS2/c1-2-20-14-18-17-12(19-14)7-11-8-21-13(16-11)9-3-5-10(15)6-4-9/h3-6,8H,2,7H2,1H3. The molecule has 4 nitrogen and oxygen atoms in total. The topological polar surface area (TPSA) is 51.8 Å². The highest BCUT2D eigenvalue weighted by atomic mass is 35.5. The van der Waals surface area contributed by atoms with Crippen molar-refractivity contribution < 1.29 is 4.42 Å². The third-order valence-electron chi connectivity index (χ3n) is 2.69. The second-order valence-corrected chi connectivity index (χ2v) is 6.73. The Morgan fingerprint density at radius 1 is 1.24 bits per heavy atom. The van der Waals surface area contributed by atoms with Gasteiger partial charge in [0.05, 0.1) is 12.1 Å². The first-order valence-corrected chi connectivity index (χ1v) is 8.64. The molecule has 2 aromatic heterocycles. The van der Waals surface area contributed by atoms with E-state index in [2.05, 4.69) is 15.2 Å². The van der Waals surface area contributed by atoms with Crippen molar-refractivity contribution in [3.63, 3.8) is 0 Å². The molecule has 0 aliphatic rings. The molecule has 21 heavy (non-hydrogen) atoms. The van der Waals surface area contributed by atoms with E-state index in [0.29, 0.717) is 17.5 Å². The lowest BCUT2D eigenvalue weighted by Gasteiger charge is -1.95. The summed E-state index contributed by atoms with van der Waals surface area (Å²) < 4.78 is 5.55. The Labute approximate surface area is 135 Å². The number of hydrogen-bond acceptors (Lipinski definition) is 6. The molecule has 0 saturated carbocycles. The zero-order chi connectivity index (χ0) is 14.7. The van der Waals surface area contributed by atoms with E-state index in [-0.39, 0.29) is 0 Å². The van der Waals surface area contributed by atoms with Crippen LogP contribution < -0.4 is 0 Å². The van der Waals surface area contributed by atoms with Gasteiger partial charge < -0.3 is 4.42 Å². The van der Waals surface area contributed by atoms with Gasteiger partial charge in [-0.15, -0.1) is 21.5 Å². The Morgan fingerprint density at radius 2 is 2.05 bits per heavy atom. The molecule has 0 spiro atoms. The van der Waals surface area contributed by atoms with Gasteiger partial charge in [0.2, 0.25) is 5.89 Å². The quantitative estimate of drug-likeness (QED) is 0.639. The van der Waals surface area contributed by atoms with Crippen LogP contribution in [0, 0.1) is 0 Å². The van der Waals surface area contributed by atoms with Crippen molar-refractivity contribution in [3.05, 3.63) is 46.3 Å². The second-order valence-electron chi connectivity index (χ2n) is 4.22. The fourth-order valence-corrected chi connectivity index (χ4v) is 3.21. The van der Waals surface area contributed by atoms with E-state index in [1.165, 1.54) is 11.8 Å². The van der Waals surface area contributed by atoms with Crippen molar-refractivity contribution in [1.29, 1.82) is 0 Å². The zero-order valence-electron chi connectivity index (χ0n) is 11.2. The fourth-order valence-electron chi connectivity index (χ4n) is 1.76. The summed E-state index contributed by atoms with van der Waals surface area (Å²) in [7, 11) is 0. The molecule has 0 atom stereocenters. The highest BCUT2D eigenvalue weighted by Gasteiger charge is 2.10. The summed E-state index contributed by atoms with van der Waals surface area (Å²) in [5.74, 6) is 1.51. The molecule has 2 heterocycles. The van der Waals surface area contributed by atoms with Gasteiger partial charge in [-0.1, -0.05) is 42.4 Å². The molecular formula is C14H12ClN3OS2. The molecule has 0 N–H and O–H groups in total. The molecule has 0 aliphatic carbocycles. The first-order chi connectivity index (χ1) is 10.2. The van der Waals surface area contributed by atoms with Crippen LogP contribution in [0.1, 0.15) is 18.5 Å². The van der Waals surface area contributed by atoms with Crippen LogP contribution in [0.25, 0.3) is 10.6 Å². The highest BCUT2D eigenvalue weighted by molar-refractivity contribution is 7.99. The summed E-state index contributed by atoms with van der Waals surface area (Å²) in [6.07, 6.45) is 0.557. The van der Waals surface area contributed by atoms with Crippen molar-refractivity contribution in [3.8, 4) is 10.6 Å². The van der Waals surface area contributed by atoms with Crippen LogP contribution in [0.5, 0.6) is 0 Å². The maximum absolute atomic E-state index is 5.89. The van der Waals surface area contributed by atoms with E-state index in [4.69, 9.17) is 16.0 Å². The van der Waals surface area contributed by atoms with Gasteiger partial charge in [0.15, 0.2) is 0 Å². The van der Waals surface area contributed by atoms with Crippen molar-refractivity contribution in [2.75, 3.05) is 5.75 Å². The number of thiazole rings is 1. The summed E-state index contributed by atoms with van der Waals surface area (Å²) in [5, 5.41) is 12.3. The van der Waals surface area contributed by atoms with E-state index in [1.807, 2.05) is 36.6 Å². The van der Waals surface area contributed by atoms with E-state index in [1.54, 1.807) is 11.3 Å². The average molecular weight is 338 g/mol. The van der Waals surface area contributed by atoms with Gasteiger partial charge in [0.25, 0.3) is 5.22 Å². The lowest BCUT2D eigenvalue weighted by molar-refractivity contribution is 0.419. The van der Waals surface area contributed by atoms with E-state index in [0.717, 1.165) is 27.0 Å². The minimum atomic E-state index is 0.557. The van der Waals surface area contributed by atoms with Crippen LogP contribution in [-0.4, -0.2) is 20.9 Å². The number of thioether (sulfide) groups is 1. The van der Waals surface area contributed by atoms with Crippen LogP contribution in [0.15, 0.2) is 39.3 Å². The molecule has 1 aromatic carbocycles. The van der Waals surface area contributed by atoms with E-state index >= 15 is 0 Å². The highest BCUT2D eigenvalue weighted by Crippen LogP contribution is 2.26. The normalized spacial score (nSPS) is 11.0. The monoisotopic (exact) mass is 337 g/mol. The zero-order valence-corrected chi connectivity index (χ0v) is 13.6. The molecule has 0 radical (unpaired) electrons. The fraction of sp³-hybridized carbons (Fsp3) is 0.214. The van der Waals surface area contributed by atoms with Crippen LogP contribution in [0.2, 0.25) is 5.02 Å². The molecule has 3 rings (SSSR count). The summed E-state index contributed by atoms with van der Waals surface area (Å²) in [6, 6.07) is 7.66. The minimum Gasteiger partial charge on any atom is -0.416 e. The number of nitrogens with zero attached hydrogens (tertiary/aromatic N) is 3. The molecule has 0 fully saturated rings. The van der Waals surface area contributed by atoms with Gasteiger partial charge in [-0.05, 0) is 17.9 Å². The Bertz CT molecular complexity index is 724. The number of benzene rings is 1.